The first kappa shape index (κ1) is 13.6. The van der Waals surface area contributed by atoms with Crippen molar-refractivity contribution in [1.82, 2.24) is 4.90 Å². The number of aliphatic carboxylic acids is 1. The molecule has 0 spiro atoms. The van der Waals surface area contributed by atoms with Crippen LogP contribution in [0.15, 0.2) is 6.07 Å². The summed E-state index contributed by atoms with van der Waals surface area (Å²) in [7, 11) is 0. The van der Waals surface area contributed by atoms with Gasteiger partial charge in [0.2, 0.25) is 0 Å². The van der Waals surface area contributed by atoms with Gasteiger partial charge in [-0.25, -0.2) is 0 Å². The van der Waals surface area contributed by atoms with Crippen LogP contribution < -0.4 is 0 Å². The maximum Gasteiger partial charge on any atom is 0.308 e. The van der Waals surface area contributed by atoms with E-state index in [1.807, 2.05) is 6.07 Å². The third-order valence-corrected chi connectivity index (χ3v) is 5.59. The Hall–Kier alpha value is -1.36. The summed E-state index contributed by atoms with van der Waals surface area (Å²) in [6.07, 6.45) is 3.91. The fourth-order valence-corrected chi connectivity index (χ4v) is 4.29. The van der Waals surface area contributed by atoms with E-state index in [1.54, 1.807) is 16.2 Å². The summed E-state index contributed by atoms with van der Waals surface area (Å²) in [5.74, 6) is -0.475. The summed E-state index contributed by atoms with van der Waals surface area (Å²) in [5.41, 5.74) is 1.33. The molecule has 1 N–H and O–H groups in total. The highest BCUT2D eigenvalue weighted by atomic mass is 32.1. The molecule has 1 aliphatic carbocycles. The molecule has 1 fully saturated rings. The molecule has 5 heteroatoms. The topological polar surface area (TPSA) is 57.6 Å². The molecular weight excluding hydrogens is 274 g/mol. The number of hydrogen-bond donors (Lipinski definition) is 1. The Balaban J connectivity index is 1.74. The van der Waals surface area contributed by atoms with Gasteiger partial charge >= 0.3 is 5.97 Å². The molecule has 1 aliphatic heterocycles. The van der Waals surface area contributed by atoms with Gasteiger partial charge < -0.3 is 10.0 Å². The third kappa shape index (κ3) is 2.46. The Bertz CT molecular complexity index is 551. The molecule has 0 radical (unpaired) electrons. The fraction of sp³-hybridized carbons (Fsp3) is 0.600. The van der Waals surface area contributed by atoms with Crippen LogP contribution in [0.3, 0.4) is 0 Å². The highest BCUT2D eigenvalue weighted by Crippen LogP contribution is 2.33. The molecule has 1 aromatic rings. The van der Waals surface area contributed by atoms with Crippen molar-refractivity contribution >= 4 is 23.2 Å². The van der Waals surface area contributed by atoms with Crippen molar-refractivity contribution in [3.8, 4) is 0 Å². The largest absolute Gasteiger partial charge is 0.481 e. The molecule has 1 saturated heterocycles. The zero-order valence-electron chi connectivity index (χ0n) is 11.6. The van der Waals surface area contributed by atoms with Gasteiger partial charge in [0.1, 0.15) is 0 Å². The number of likely N-dealkylation sites (tertiary alicyclic amines) is 1. The first-order chi connectivity index (χ1) is 9.54. The highest BCUT2D eigenvalue weighted by molar-refractivity contribution is 7.14. The van der Waals surface area contributed by atoms with E-state index in [9.17, 15) is 9.59 Å². The van der Waals surface area contributed by atoms with Crippen LogP contribution in [-0.2, 0) is 17.6 Å². The van der Waals surface area contributed by atoms with Crippen molar-refractivity contribution in [3.63, 3.8) is 0 Å². The Labute approximate surface area is 122 Å². The number of fused-ring (bicyclic) bond motifs is 1. The standard InChI is InChI=1S/C15H19NO3S/c1-9-2-3-12-11(6-9)7-13(20-12)14(17)16-5-4-10(8-16)15(18)19/h7,9-10H,2-6,8H2,1H3,(H,18,19). The van der Waals surface area contributed by atoms with Crippen molar-refractivity contribution < 1.29 is 14.7 Å². The summed E-state index contributed by atoms with van der Waals surface area (Å²) < 4.78 is 0. The average molecular weight is 293 g/mol. The maximum absolute atomic E-state index is 12.5. The number of carbonyl (C=O) groups is 2. The van der Waals surface area contributed by atoms with Crippen LogP contribution in [0.1, 0.15) is 39.9 Å². The lowest BCUT2D eigenvalue weighted by Gasteiger charge is -2.16. The Morgan fingerprint density at radius 1 is 1.40 bits per heavy atom. The van der Waals surface area contributed by atoms with Crippen molar-refractivity contribution in [2.75, 3.05) is 13.1 Å². The van der Waals surface area contributed by atoms with Crippen molar-refractivity contribution in [1.29, 1.82) is 0 Å². The second-order valence-corrected chi connectivity index (χ2v) is 7.12. The van der Waals surface area contributed by atoms with E-state index in [0.29, 0.717) is 25.4 Å². The van der Waals surface area contributed by atoms with Gasteiger partial charge in [0.05, 0.1) is 10.8 Å². The number of carboxylic acids is 1. The Morgan fingerprint density at radius 3 is 2.90 bits per heavy atom. The number of thiophene rings is 1. The molecule has 0 saturated carbocycles. The minimum Gasteiger partial charge on any atom is -0.481 e. The van der Waals surface area contributed by atoms with Gasteiger partial charge in [-0.05, 0) is 43.2 Å². The van der Waals surface area contributed by atoms with E-state index in [-0.39, 0.29) is 5.91 Å². The van der Waals surface area contributed by atoms with Crippen LogP contribution in [0.25, 0.3) is 0 Å². The molecule has 20 heavy (non-hydrogen) atoms. The van der Waals surface area contributed by atoms with E-state index in [1.165, 1.54) is 16.9 Å². The molecule has 108 valence electrons. The normalized spacial score (nSPS) is 25.6. The molecule has 2 aliphatic rings. The zero-order valence-corrected chi connectivity index (χ0v) is 12.4. The summed E-state index contributed by atoms with van der Waals surface area (Å²) >= 11 is 1.60. The lowest BCUT2D eigenvalue weighted by molar-refractivity contribution is -0.141. The summed E-state index contributed by atoms with van der Waals surface area (Å²) in [6.45, 7) is 3.17. The van der Waals surface area contributed by atoms with Crippen LogP contribution in [0.4, 0.5) is 0 Å². The molecule has 3 rings (SSSR count). The molecule has 0 aromatic carbocycles. The smallest absolute Gasteiger partial charge is 0.308 e. The maximum atomic E-state index is 12.5. The second kappa shape index (κ2) is 5.20. The summed E-state index contributed by atoms with van der Waals surface area (Å²) in [4.78, 5) is 27.3. The van der Waals surface area contributed by atoms with Crippen LogP contribution in [0, 0.1) is 11.8 Å². The summed E-state index contributed by atoms with van der Waals surface area (Å²) in [6, 6.07) is 2.03. The van der Waals surface area contributed by atoms with Crippen LogP contribution in [0.5, 0.6) is 0 Å². The third-order valence-electron chi connectivity index (χ3n) is 4.36. The van der Waals surface area contributed by atoms with Crippen LogP contribution >= 0.6 is 11.3 Å². The number of carbonyl (C=O) groups excluding carboxylic acids is 1. The van der Waals surface area contributed by atoms with Crippen molar-refractivity contribution in [3.05, 3.63) is 21.4 Å². The number of hydrogen-bond acceptors (Lipinski definition) is 3. The predicted octanol–water partition coefficient (Wildman–Crippen LogP) is 2.42. The number of amides is 1. The molecule has 2 heterocycles. The first-order valence-electron chi connectivity index (χ1n) is 7.18. The molecule has 4 nitrogen and oxygen atoms in total. The summed E-state index contributed by atoms with van der Waals surface area (Å²) in [5, 5.41) is 9.01. The minimum atomic E-state index is -0.792. The van der Waals surface area contributed by atoms with Crippen LogP contribution in [0.2, 0.25) is 0 Å². The van der Waals surface area contributed by atoms with Crippen LogP contribution in [-0.4, -0.2) is 35.0 Å². The van der Waals surface area contributed by atoms with E-state index in [2.05, 4.69) is 6.92 Å². The molecule has 1 amide bonds. The van der Waals surface area contributed by atoms with Crippen molar-refractivity contribution in [2.24, 2.45) is 11.8 Å². The van der Waals surface area contributed by atoms with E-state index >= 15 is 0 Å². The van der Waals surface area contributed by atoms with Crippen molar-refractivity contribution in [2.45, 2.75) is 32.6 Å². The van der Waals surface area contributed by atoms with Gasteiger partial charge in [-0.1, -0.05) is 6.92 Å². The number of carboxylic acid groups (broad SMARTS) is 1. The van der Waals surface area contributed by atoms with Gasteiger partial charge in [0.15, 0.2) is 0 Å². The number of nitrogens with zero attached hydrogens (tertiary/aromatic N) is 1. The molecule has 2 atom stereocenters. The van der Waals surface area contributed by atoms with Gasteiger partial charge in [-0.3, -0.25) is 9.59 Å². The average Bonchev–Trinajstić information content (AvgIpc) is 3.03. The number of aryl methyl sites for hydroxylation is 1. The quantitative estimate of drug-likeness (QED) is 0.911. The molecule has 1 aromatic heterocycles. The lowest BCUT2D eigenvalue weighted by atomic mass is 9.90. The molecule has 2 unspecified atom stereocenters. The van der Waals surface area contributed by atoms with E-state index in [0.717, 1.165) is 17.7 Å². The highest BCUT2D eigenvalue weighted by Gasteiger charge is 2.32. The minimum absolute atomic E-state index is 0.0146. The SMILES string of the molecule is CC1CCc2sc(C(=O)N3CCC(C(=O)O)C3)cc2C1. The second-order valence-electron chi connectivity index (χ2n) is 5.98. The first-order valence-corrected chi connectivity index (χ1v) is 8.00. The predicted molar refractivity (Wildman–Crippen MR) is 77.2 cm³/mol. The number of rotatable bonds is 2. The Morgan fingerprint density at radius 2 is 2.20 bits per heavy atom. The van der Waals surface area contributed by atoms with E-state index < -0.39 is 11.9 Å². The van der Waals surface area contributed by atoms with Gasteiger partial charge in [-0.15, -0.1) is 11.3 Å². The van der Waals surface area contributed by atoms with Gasteiger partial charge in [-0.2, -0.15) is 0 Å². The Kier molecular flexibility index (Phi) is 3.54. The molecule has 0 bridgehead atoms. The van der Waals surface area contributed by atoms with Gasteiger partial charge in [0, 0.05) is 18.0 Å². The lowest BCUT2D eigenvalue weighted by Crippen LogP contribution is -2.29. The van der Waals surface area contributed by atoms with Gasteiger partial charge in [0.25, 0.3) is 5.91 Å². The fourth-order valence-electron chi connectivity index (χ4n) is 3.11. The monoisotopic (exact) mass is 293 g/mol. The van der Waals surface area contributed by atoms with E-state index in [4.69, 9.17) is 5.11 Å². The molecular formula is C15H19NO3S. The zero-order chi connectivity index (χ0) is 14.3.